The minimum atomic E-state index is 0.204. The molecule has 0 aromatic heterocycles. The first-order valence-corrected chi connectivity index (χ1v) is 20.4. The summed E-state index contributed by atoms with van der Waals surface area (Å²) in [5.41, 5.74) is 9.88. The van der Waals surface area contributed by atoms with Crippen molar-refractivity contribution < 1.29 is 9.59 Å². The number of hydrogen-bond donors (Lipinski definition) is 0. The maximum absolute atomic E-state index is 12.7. The minimum Gasteiger partial charge on any atom is -0.339 e. The van der Waals surface area contributed by atoms with Gasteiger partial charge in [0.15, 0.2) is 0 Å². The van der Waals surface area contributed by atoms with E-state index in [9.17, 15) is 9.59 Å². The molecule has 4 heteroatoms. The molecule has 2 aliphatic heterocycles. The van der Waals surface area contributed by atoms with Crippen LogP contribution in [0.15, 0.2) is 81.5 Å². The monoisotopic (exact) mass is 703 g/mol. The predicted octanol–water partition coefficient (Wildman–Crippen LogP) is 13.3. The number of hydrogen-bond acceptors (Lipinski definition) is 2. The SMILES string of the molecule is CC(C)=CCC/C(C)=C/CC(/C=C(\C)CCC=C(C)C)N1CCCCCC1=O.CC(C)=CCCC(C)=CCCC(C)=CCN1CCCCCC1=O. The number of rotatable bonds is 18. The second-order valence-electron chi connectivity index (χ2n) is 16.0. The zero-order chi connectivity index (χ0) is 38.0. The standard InChI is InChI=1S/C26H43NO.C21H35NO/c1-21(2)12-10-14-23(5)17-18-25(20-24(6)15-11-13-22(3)4)27-19-9-7-8-16-26(27)28;1-18(2)10-8-11-19(3)12-9-13-20(4)15-17-22-16-7-5-6-14-21(22)23/h12-13,17,20,25H,7-11,14-16,18-19H2,1-6H3;10,12,15H,5-9,11,13-14,16-17H2,1-4H3/b23-17+,24-20+;. The number of nitrogens with zero attached hydrogens (tertiary/aromatic N) is 2. The number of amides is 2. The Morgan fingerprint density at radius 2 is 0.961 bits per heavy atom. The van der Waals surface area contributed by atoms with Gasteiger partial charge < -0.3 is 9.80 Å². The molecule has 0 bridgehead atoms. The Morgan fingerprint density at radius 1 is 0.510 bits per heavy atom. The number of likely N-dealkylation sites (tertiary alicyclic amines) is 2. The highest BCUT2D eigenvalue weighted by atomic mass is 16.2. The molecule has 2 fully saturated rings. The fourth-order valence-electron chi connectivity index (χ4n) is 6.49. The molecule has 0 aliphatic carbocycles. The van der Waals surface area contributed by atoms with Crippen LogP contribution in [-0.4, -0.2) is 47.3 Å². The zero-order valence-electron chi connectivity index (χ0n) is 35.0. The van der Waals surface area contributed by atoms with Crippen molar-refractivity contribution in [2.24, 2.45) is 0 Å². The highest BCUT2D eigenvalue weighted by Gasteiger charge is 2.23. The summed E-state index contributed by atoms with van der Waals surface area (Å²) < 4.78 is 0. The van der Waals surface area contributed by atoms with E-state index in [0.717, 1.165) is 110 Å². The molecule has 0 radical (unpaired) electrons. The van der Waals surface area contributed by atoms with E-state index in [2.05, 4.69) is 117 Å². The van der Waals surface area contributed by atoms with Gasteiger partial charge in [-0.15, -0.1) is 0 Å². The van der Waals surface area contributed by atoms with Gasteiger partial charge >= 0.3 is 0 Å². The molecule has 0 saturated carbocycles. The van der Waals surface area contributed by atoms with Gasteiger partial charge in [0.05, 0.1) is 6.04 Å². The lowest BCUT2D eigenvalue weighted by atomic mass is 10.0. The predicted molar refractivity (Wildman–Crippen MR) is 224 cm³/mol. The van der Waals surface area contributed by atoms with E-state index in [1.807, 2.05) is 4.90 Å². The molecule has 0 aromatic carbocycles. The molecular formula is C47H78N2O2. The van der Waals surface area contributed by atoms with Crippen molar-refractivity contribution in [2.75, 3.05) is 19.6 Å². The summed E-state index contributed by atoms with van der Waals surface area (Å²) in [7, 11) is 0. The summed E-state index contributed by atoms with van der Waals surface area (Å²) in [6.07, 6.45) is 34.3. The summed E-state index contributed by atoms with van der Waals surface area (Å²) in [4.78, 5) is 28.8. The van der Waals surface area contributed by atoms with Crippen molar-refractivity contribution in [3.05, 3.63) is 81.5 Å². The average Bonchev–Trinajstić information content (AvgIpc) is 3.40. The largest absolute Gasteiger partial charge is 0.339 e. The van der Waals surface area contributed by atoms with Crippen LogP contribution >= 0.6 is 0 Å². The molecule has 51 heavy (non-hydrogen) atoms. The van der Waals surface area contributed by atoms with Crippen molar-refractivity contribution in [1.29, 1.82) is 0 Å². The van der Waals surface area contributed by atoms with Crippen molar-refractivity contribution in [3.8, 4) is 0 Å². The Kier molecular flexibility index (Phi) is 25.1. The van der Waals surface area contributed by atoms with Crippen LogP contribution in [0.4, 0.5) is 0 Å². The fourth-order valence-corrected chi connectivity index (χ4v) is 6.49. The lowest BCUT2D eigenvalue weighted by Gasteiger charge is -2.29. The van der Waals surface area contributed by atoms with E-state index in [-0.39, 0.29) is 6.04 Å². The number of allylic oxidation sites excluding steroid dienone is 11. The normalized spacial score (nSPS) is 17.2. The molecule has 0 aromatic rings. The number of carbonyl (C=O) groups is 2. The molecule has 1 atom stereocenters. The summed E-state index contributed by atoms with van der Waals surface area (Å²) >= 11 is 0. The van der Waals surface area contributed by atoms with Crippen molar-refractivity contribution in [2.45, 2.75) is 184 Å². The van der Waals surface area contributed by atoms with Crippen molar-refractivity contribution in [3.63, 3.8) is 0 Å². The first-order valence-electron chi connectivity index (χ1n) is 20.4. The molecular weight excluding hydrogens is 625 g/mol. The third-order valence-electron chi connectivity index (χ3n) is 9.83. The lowest BCUT2D eigenvalue weighted by Crippen LogP contribution is -2.39. The van der Waals surface area contributed by atoms with Gasteiger partial charge in [0.25, 0.3) is 0 Å². The Hall–Kier alpha value is -2.88. The molecule has 0 N–H and O–H groups in total. The van der Waals surface area contributed by atoms with Crippen molar-refractivity contribution in [1.82, 2.24) is 9.80 Å². The smallest absolute Gasteiger partial charge is 0.223 e. The van der Waals surface area contributed by atoms with Gasteiger partial charge in [0.1, 0.15) is 0 Å². The van der Waals surface area contributed by atoms with E-state index in [1.54, 1.807) is 0 Å². The lowest BCUT2D eigenvalue weighted by molar-refractivity contribution is -0.132. The Morgan fingerprint density at radius 3 is 1.51 bits per heavy atom. The van der Waals surface area contributed by atoms with Crippen LogP contribution in [0.5, 0.6) is 0 Å². The van der Waals surface area contributed by atoms with Gasteiger partial charge in [-0.25, -0.2) is 0 Å². The Labute approximate surface area is 316 Å². The average molecular weight is 703 g/mol. The summed E-state index contributed by atoms with van der Waals surface area (Å²) in [6.45, 7) is 24.4. The summed E-state index contributed by atoms with van der Waals surface area (Å²) in [5.74, 6) is 0.674. The first kappa shape index (κ1) is 46.1. The van der Waals surface area contributed by atoms with Gasteiger partial charge in [-0.1, -0.05) is 94.4 Å². The molecule has 0 spiro atoms. The molecule has 2 rings (SSSR count). The van der Waals surface area contributed by atoms with Gasteiger partial charge in [-0.05, 0) is 153 Å². The first-order chi connectivity index (χ1) is 24.3. The Balaban J connectivity index is 0.000000520. The second-order valence-corrected chi connectivity index (χ2v) is 16.0. The molecule has 1 unspecified atom stereocenters. The molecule has 2 saturated heterocycles. The molecule has 4 nitrogen and oxygen atoms in total. The third-order valence-corrected chi connectivity index (χ3v) is 9.83. The minimum absolute atomic E-state index is 0.204. The molecule has 2 aliphatic rings. The highest BCUT2D eigenvalue weighted by molar-refractivity contribution is 5.77. The van der Waals surface area contributed by atoms with E-state index >= 15 is 0 Å². The third kappa shape index (κ3) is 24.1. The zero-order valence-corrected chi connectivity index (χ0v) is 35.0. The van der Waals surface area contributed by atoms with Crippen LogP contribution in [0.25, 0.3) is 0 Å². The Bertz CT molecular complexity index is 1240. The molecule has 2 heterocycles. The van der Waals surface area contributed by atoms with Crippen LogP contribution in [0.1, 0.15) is 178 Å². The van der Waals surface area contributed by atoms with Gasteiger partial charge in [0, 0.05) is 32.5 Å². The van der Waals surface area contributed by atoms with Gasteiger partial charge in [0.2, 0.25) is 11.8 Å². The maximum atomic E-state index is 12.7. The molecule has 2 amide bonds. The number of carbonyl (C=O) groups excluding carboxylic acids is 2. The van der Waals surface area contributed by atoms with Crippen LogP contribution in [-0.2, 0) is 9.59 Å². The summed E-state index contributed by atoms with van der Waals surface area (Å²) in [5, 5.41) is 0. The van der Waals surface area contributed by atoms with Crippen LogP contribution in [0, 0.1) is 0 Å². The maximum Gasteiger partial charge on any atom is 0.223 e. The quantitative estimate of drug-likeness (QED) is 0.133. The molecule has 288 valence electrons. The van der Waals surface area contributed by atoms with E-state index in [0.29, 0.717) is 18.2 Å². The second kappa shape index (κ2) is 27.7. The van der Waals surface area contributed by atoms with Crippen LogP contribution < -0.4 is 0 Å². The van der Waals surface area contributed by atoms with Gasteiger partial charge in [-0.3, -0.25) is 9.59 Å². The van der Waals surface area contributed by atoms with E-state index in [1.165, 1.54) is 51.9 Å². The van der Waals surface area contributed by atoms with Crippen molar-refractivity contribution >= 4 is 11.8 Å². The van der Waals surface area contributed by atoms with E-state index < -0.39 is 0 Å². The summed E-state index contributed by atoms with van der Waals surface area (Å²) in [6, 6.07) is 0.204. The highest BCUT2D eigenvalue weighted by Crippen LogP contribution is 2.21. The topological polar surface area (TPSA) is 40.6 Å². The fraction of sp³-hybridized carbons (Fsp3) is 0.660. The van der Waals surface area contributed by atoms with Crippen LogP contribution in [0.3, 0.4) is 0 Å². The van der Waals surface area contributed by atoms with E-state index in [4.69, 9.17) is 0 Å². The van der Waals surface area contributed by atoms with Gasteiger partial charge in [-0.2, -0.15) is 0 Å². The van der Waals surface area contributed by atoms with Crippen LogP contribution in [0.2, 0.25) is 0 Å².